The fourth-order valence-corrected chi connectivity index (χ4v) is 6.36. The first-order valence-electron chi connectivity index (χ1n) is 15.9. The fraction of sp³-hybridized carbons (Fsp3) is 0.394. The van der Waals surface area contributed by atoms with Crippen LogP contribution in [-0.2, 0) is 21.5 Å². The highest BCUT2D eigenvalue weighted by Crippen LogP contribution is 2.44. The first kappa shape index (κ1) is 38.3. The number of aliphatic imine (C=N–C) groups is 2. The van der Waals surface area contributed by atoms with Crippen LogP contribution in [0.1, 0.15) is 48.2 Å². The first-order valence-corrected chi connectivity index (χ1v) is 21.1. The third-order valence-corrected chi connectivity index (χ3v) is 10.6. The summed E-state index contributed by atoms with van der Waals surface area (Å²) < 4.78 is 81.1. The number of halogens is 3. The van der Waals surface area contributed by atoms with E-state index in [0.29, 0.717) is 12.2 Å². The molecule has 0 saturated heterocycles. The fourth-order valence-electron chi connectivity index (χ4n) is 5.04. The average Bonchev–Trinajstić information content (AvgIpc) is 3.38. The summed E-state index contributed by atoms with van der Waals surface area (Å²) in [5.74, 6) is -4.90. The Labute approximate surface area is 290 Å². The number of nitrogens with one attached hydrogen (secondary N) is 2. The van der Waals surface area contributed by atoms with Crippen molar-refractivity contribution in [2.45, 2.75) is 70.5 Å². The zero-order valence-electron chi connectivity index (χ0n) is 28.3. The van der Waals surface area contributed by atoms with Crippen molar-refractivity contribution >= 4 is 48.4 Å². The number of benzene rings is 2. The quantitative estimate of drug-likeness (QED) is 0.0721. The Bertz CT molecular complexity index is 1840. The Kier molecular flexibility index (Phi) is 12.6. The topological polar surface area (TPSA) is 162 Å². The molecule has 2 aromatic carbocycles. The predicted molar refractivity (Wildman–Crippen MR) is 191 cm³/mol. The maximum Gasteiger partial charge on any atom is 0.355 e. The van der Waals surface area contributed by atoms with Crippen LogP contribution >= 0.6 is 0 Å². The standard InChI is InChI=1S/C33H42F3N7O5SSi/c1-6-39-19-27(38-2)40-32-28(31(37)44)29(41-43(32)20-47-16-17-50(3,4)5)23-12-15-25(42-49(45,46)33(35)36)26(18-23)48-30(21-8-7-9-21)22-10-13-24(34)14-11-22/h6,10-15,18-19,21,30,33,40,42H,2,7-9,16-17,20H2,1,3-5H3,(H2,37,44)/b27-19+,39-6-. The van der Waals surface area contributed by atoms with Crippen molar-refractivity contribution in [2.24, 2.45) is 21.6 Å². The number of carbonyl (C=O) groups excluding carboxylic acids is 1. The summed E-state index contributed by atoms with van der Waals surface area (Å²) in [5, 5.41) is 7.64. The van der Waals surface area contributed by atoms with Gasteiger partial charge in [-0.3, -0.25) is 14.5 Å². The lowest BCUT2D eigenvalue weighted by molar-refractivity contribution is 0.0801. The summed E-state index contributed by atoms with van der Waals surface area (Å²) >= 11 is 0. The van der Waals surface area contributed by atoms with Gasteiger partial charge in [-0.2, -0.15) is 13.9 Å². The van der Waals surface area contributed by atoms with E-state index in [1.807, 2.05) is 4.72 Å². The van der Waals surface area contributed by atoms with Gasteiger partial charge in [-0.05, 0) is 62.4 Å². The average molecular weight is 734 g/mol. The summed E-state index contributed by atoms with van der Waals surface area (Å²) in [6, 6.07) is 10.5. The largest absolute Gasteiger partial charge is 0.483 e. The summed E-state index contributed by atoms with van der Waals surface area (Å²) in [5.41, 5.74) is 6.48. The Morgan fingerprint density at radius 1 is 1.20 bits per heavy atom. The van der Waals surface area contributed by atoms with Crippen molar-refractivity contribution in [1.82, 2.24) is 9.78 Å². The molecule has 1 saturated carbocycles. The lowest BCUT2D eigenvalue weighted by Crippen LogP contribution is -2.26. The van der Waals surface area contributed by atoms with Gasteiger partial charge in [0, 0.05) is 32.4 Å². The van der Waals surface area contributed by atoms with Gasteiger partial charge < -0.3 is 20.5 Å². The second-order valence-electron chi connectivity index (χ2n) is 12.9. The van der Waals surface area contributed by atoms with Crippen LogP contribution in [0.15, 0.2) is 64.5 Å². The molecule has 4 rings (SSSR count). The minimum Gasteiger partial charge on any atom is -0.483 e. The van der Waals surface area contributed by atoms with Crippen LogP contribution in [-0.4, -0.2) is 57.5 Å². The van der Waals surface area contributed by atoms with Crippen LogP contribution in [0.4, 0.5) is 24.7 Å². The zero-order valence-corrected chi connectivity index (χ0v) is 30.1. The Morgan fingerprint density at radius 2 is 1.90 bits per heavy atom. The molecule has 12 nitrogen and oxygen atoms in total. The molecule has 1 aliphatic rings. The van der Waals surface area contributed by atoms with Crippen LogP contribution in [0, 0.1) is 11.7 Å². The number of primary amides is 1. The summed E-state index contributed by atoms with van der Waals surface area (Å²) in [6.07, 6.45) is 4.71. The molecule has 1 aromatic heterocycles. The van der Waals surface area contributed by atoms with E-state index in [4.69, 9.17) is 15.2 Å². The van der Waals surface area contributed by atoms with Crippen LogP contribution in [0.5, 0.6) is 5.75 Å². The van der Waals surface area contributed by atoms with Gasteiger partial charge in [-0.25, -0.2) is 22.5 Å². The van der Waals surface area contributed by atoms with E-state index in [1.54, 1.807) is 19.1 Å². The number of alkyl halides is 2. The van der Waals surface area contributed by atoms with Crippen LogP contribution in [0.25, 0.3) is 11.3 Å². The highest BCUT2D eigenvalue weighted by atomic mass is 32.2. The maximum atomic E-state index is 13.8. The molecule has 0 radical (unpaired) electrons. The van der Waals surface area contributed by atoms with Gasteiger partial charge in [0.05, 0.1) is 11.9 Å². The molecule has 17 heteroatoms. The van der Waals surface area contributed by atoms with Gasteiger partial charge in [0.1, 0.15) is 47.3 Å². The summed E-state index contributed by atoms with van der Waals surface area (Å²) in [7, 11) is -6.54. The molecule has 4 N–H and O–H groups in total. The Morgan fingerprint density at radius 3 is 2.46 bits per heavy atom. The van der Waals surface area contributed by atoms with Crippen molar-refractivity contribution in [3.8, 4) is 17.0 Å². The van der Waals surface area contributed by atoms with E-state index in [1.165, 1.54) is 47.4 Å². The van der Waals surface area contributed by atoms with E-state index in [2.05, 4.69) is 46.8 Å². The molecule has 270 valence electrons. The summed E-state index contributed by atoms with van der Waals surface area (Å²) in [4.78, 5) is 21.1. The summed E-state index contributed by atoms with van der Waals surface area (Å²) in [6.45, 7) is 12.2. The van der Waals surface area contributed by atoms with Gasteiger partial charge in [-0.15, -0.1) is 0 Å². The molecule has 50 heavy (non-hydrogen) atoms. The SMILES string of the molecule is C=N/C(=C\N=C/C)Nc1c(C(N)=O)c(-c2ccc(NS(=O)(=O)C(F)F)c(OC(c3ccc(F)cc3)C3CCC3)c2)nn1COCC[Si](C)(C)C. The van der Waals surface area contributed by atoms with Crippen molar-refractivity contribution in [3.63, 3.8) is 0 Å². The monoisotopic (exact) mass is 733 g/mol. The van der Waals surface area contributed by atoms with Gasteiger partial charge >= 0.3 is 5.76 Å². The number of sulfonamides is 1. The van der Waals surface area contributed by atoms with Gasteiger partial charge in [0.2, 0.25) is 0 Å². The van der Waals surface area contributed by atoms with Gasteiger partial charge in [0.25, 0.3) is 15.9 Å². The van der Waals surface area contributed by atoms with Crippen LogP contribution in [0.2, 0.25) is 25.7 Å². The number of nitrogens with zero attached hydrogens (tertiary/aromatic N) is 4. The van der Waals surface area contributed by atoms with E-state index >= 15 is 0 Å². The normalized spacial score (nSPS) is 14.8. The molecule has 1 atom stereocenters. The molecule has 0 bridgehead atoms. The zero-order chi connectivity index (χ0) is 36.6. The van der Waals surface area contributed by atoms with E-state index in [-0.39, 0.29) is 52.5 Å². The minimum absolute atomic E-state index is 0.0180. The number of carbonyl (C=O) groups is 1. The Hall–Kier alpha value is -4.48. The highest BCUT2D eigenvalue weighted by molar-refractivity contribution is 7.93. The smallest absolute Gasteiger partial charge is 0.355 e. The third-order valence-electron chi connectivity index (χ3n) is 7.94. The molecule has 1 heterocycles. The van der Waals surface area contributed by atoms with Gasteiger partial charge in [0.15, 0.2) is 0 Å². The van der Waals surface area contributed by atoms with Crippen LogP contribution in [0.3, 0.4) is 0 Å². The number of hydrogen-bond acceptors (Lipinski definition) is 9. The van der Waals surface area contributed by atoms with E-state index in [9.17, 15) is 26.4 Å². The van der Waals surface area contributed by atoms with Crippen molar-refractivity contribution in [2.75, 3.05) is 16.6 Å². The molecule has 1 amide bonds. The van der Waals surface area contributed by atoms with Crippen LogP contribution < -0.4 is 20.5 Å². The molecule has 1 fully saturated rings. The Balaban J connectivity index is 1.86. The molecular weight excluding hydrogens is 692 g/mol. The number of hydrogen-bond donors (Lipinski definition) is 3. The molecular formula is C33H42F3N7O5SSi. The second kappa shape index (κ2) is 16.5. The molecule has 0 spiro atoms. The number of amides is 1. The second-order valence-corrected chi connectivity index (χ2v) is 20.2. The number of anilines is 2. The highest BCUT2D eigenvalue weighted by Gasteiger charge is 2.33. The molecule has 1 aliphatic carbocycles. The number of aromatic nitrogens is 2. The first-order chi connectivity index (χ1) is 23.6. The van der Waals surface area contributed by atoms with Crippen molar-refractivity contribution < 1.29 is 35.9 Å². The van der Waals surface area contributed by atoms with Gasteiger partial charge in [-0.1, -0.05) is 44.3 Å². The van der Waals surface area contributed by atoms with E-state index < -0.39 is 41.7 Å². The predicted octanol–water partition coefficient (Wildman–Crippen LogP) is 6.99. The minimum atomic E-state index is -5.11. The van der Waals surface area contributed by atoms with E-state index in [0.717, 1.165) is 25.3 Å². The lowest BCUT2D eigenvalue weighted by Gasteiger charge is -2.34. The number of ether oxygens (including phenoxy) is 2. The van der Waals surface area contributed by atoms with Crippen molar-refractivity contribution in [1.29, 1.82) is 0 Å². The molecule has 0 aliphatic heterocycles. The lowest BCUT2D eigenvalue weighted by atomic mass is 9.78. The molecule has 3 aromatic rings. The van der Waals surface area contributed by atoms with Crippen molar-refractivity contribution in [3.05, 3.63) is 71.4 Å². The maximum absolute atomic E-state index is 13.8. The number of rotatable bonds is 18. The molecule has 1 unspecified atom stereocenters. The third kappa shape index (κ3) is 9.82. The number of nitrogens with two attached hydrogens (primary N) is 1.